The number of amides is 2. The molecule has 0 bridgehead atoms. The molecule has 1 aliphatic rings. The number of rotatable bonds is 5. The van der Waals surface area contributed by atoms with Crippen molar-refractivity contribution in [2.24, 2.45) is 5.92 Å². The van der Waals surface area contributed by atoms with E-state index in [1.54, 1.807) is 16.2 Å². The molecule has 2 amide bonds. The van der Waals surface area contributed by atoms with Gasteiger partial charge >= 0.3 is 0 Å². The molecule has 1 aromatic carbocycles. The van der Waals surface area contributed by atoms with Crippen LogP contribution in [0.5, 0.6) is 0 Å². The lowest BCUT2D eigenvalue weighted by molar-refractivity contribution is -0.126. The number of nitrogens with zero attached hydrogens (tertiary/aromatic N) is 2. The minimum atomic E-state index is -0.304. The molecular weight excluding hydrogens is 346 g/mol. The molecule has 0 spiro atoms. The van der Waals surface area contributed by atoms with E-state index in [9.17, 15) is 9.59 Å². The molecule has 1 atom stereocenters. The molecule has 1 saturated heterocycles. The Morgan fingerprint density at radius 2 is 2.00 bits per heavy atom. The van der Waals surface area contributed by atoms with Crippen LogP contribution in [-0.4, -0.2) is 23.3 Å². The zero-order valence-electron chi connectivity index (χ0n) is 15.7. The molecule has 0 unspecified atom stereocenters. The average Bonchev–Trinajstić information content (AvgIpc) is 3.14. The van der Waals surface area contributed by atoms with Gasteiger partial charge in [0.15, 0.2) is 0 Å². The third kappa shape index (κ3) is 3.96. The first-order valence-electron chi connectivity index (χ1n) is 8.96. The van der Waals surface area contributed by atoms with Crippen LogP contribution in [0.3, 0.4) is 0 Å². The number of hydrogen-bond acceptors (Lipinski definition) is 4. The zero-order valence-corrected chi connectivity index (χ0v) is 16.5. The summed E-state index contributed by atoms with van der Waals surface area (Å²) in [5.74, 6) is 0.0923. The Hall–Kier alpha value is -2.21. The number of benzene rings is 1. The molecule has 3 rings (SSSR count). The van der Waals surface area contributed by atoms with Crippen molar-refractivity contribution < 1.29 is 9.59 Å². The first kappa shape index (κ1) is 18.6. The van der Waals surface area contributed by atoms with Crippen LogP contribution in [0.2, 0.25) is 0 Å². The summed E-state index contributed by atoms with van der Waals surface area (Å²) in [5, 5.41) is 3.96. The Kier molecular flexibility index (Phi) is 5.41. The molecule has 0 saturated carbocycles. The summed E-state index contributed by atoms with van der Waals surface area (Å²) in [5.41, 5.74) is 3.07. The predicted molar refractivity (Wildman–Crippen MR) is 104 cm³/mol. The fourth-order valence-corrected chi connectivity index (χ4v) is 4.10. The number of aryl methyl sites for hydroxylation is 2. The minimum Gasteiger partial charge on any atom is -0.351 e. The number of thiazole rings is 1. The molecular formula is C20H25N3O2S. The summed E-state index contributed by atoms with van der Waals surface area (Å²) < 4.78 is 0. The van der Waals surface area contributed by atoms with Gasteiger partial charge in [-0.15, -0.1) is 11.3 Å². The molecule has 1 fully saturated rings. The molecule has 0 aliphatic carbocycles. The number of hydrogen-bond donors (Lipinski definition) is 1. The van der Waals surface area contributed by atoms with E-state index in [-0.39, 0.29) is 24.2 Å². The predicted octanol–water partition coefficient (Wildman–Crippen LogP) is 3.55. The second-order valence-corrected chi connectivity index (χ2v) is 8.40. The first-order chi connectivity index (χ1) is 12.3. The van der Waals surface area contributed by atoms with Crippen LogP contribution in [-0.2, 0) is 16.1 Å². The van der Waals surface area contributed by atoms with Gasteiger partial charge in [0.25, 0.3) is 0 Å². The van der Waals surface area contributed by atoms with Crippen molar-refractivity contribution in [1.82, 2.24) is 10.3 Å². The summed E-state index contributed by atoms with van der Waals surface area (Å²) in [6.45, 7) is 9.11. The van der Waals surface area contributed by atoms with Crippen molar-refractivity contribution in [3.8, 4) is 0 Å². The number of aromatic nitrogens is 1. The second kappa shape index (κ2) is 7.58. The Bertz CT molecular complexity index is 811. The molecule has 2 aromatic rings. The van der Waals surface area contributed by atoms with E-state index in [1.165, 1.54) is 5.56 Å². The summed E-state index contributed by atoms with van der Waals surface area (Å²) in [6.07, 6.45) is 0.262. The van der Waals surface area contributed by atoms with Crippen molar-refractivity contribution in [2.45, 2.75) is 46.6 Å². The number of carbonyl (C=O) groups is 2. The smallest absolute Gasteiger partial charge is 0.227 e. The van der Waals surface area contributed by atoms with Crippen LogP contribution in [0.4, 0.5) is 5.69 Å². The Balaban J connectivity index is 1.61. The molecule has 6 heteroatoms. The maximum absolute atomic E-state index is 12.5. The highest BCUT2D eigenvalue weighted by molar-refractivity contribution is 7.11. The summed E-state index contributed by atoms with van der Waals surface area (Å²) >= 11 is 1.60. The van der Waals surface area contributed by atoms with Crippen molar-refractivity contribution in [1.29, 1.82) is 0 Å². The lowest BCUT2D eigenvalue weighted by Crippen LogP contribution is -2.32. The van der Waals surface area contributed by atoms with Gasteiger partial charge in [-0.2, -0.15) is 0 Å². The normalized spacial score (nSPS) is 17.2. The summed E-state index contributed by atoms with van der Waals surface area (Å²) in [6, 6.07) is 8.04. The second-order valence-electron chi connectivity index (χ2n) is 7.11. The fourth-order valence-electron chi connectivity index (χ4n) is 3.22. The number of anilines is 1. The van der Waals surface area contributed by atoms with Crippen molar-refractivity contribution >= 4 is 28.8 Å². The third-order valence-corrected chi connectivity index (χ3v) is 5.86. The van der Waals surface area contributed by atoms with E-state index in [2.05, 4.69) is 36.3 Å². The van der Waals surface area contributed by atoms with Gasteiger partial charge in [0.1, 0.15) is 0 Å². The van der Waals surface area contributed by atoms with Gasteiger partial charge in [0, 0.05) is 23.5 Å². The van der Waals surface area contributed by atoms with E-state index < -0.39 is 0 Å². The maximum atomic E-state index is 12.5. The fraction of sp³-hybridized carbons (Fsp3) is 0.450. The Morgan fingerprint density at radius 1 is 1.31 bits per heavy atom. The molecule has 2 heterocycles. The van der Waals surface area contributed by atoms with E-state index >= 15 is 0 Å². The average molecular weight is 372 g/mol. The van der Waals surface area contributed by atoms with E-state index in [0.717, 1.165) is 21.3 Å². The van der Waals surface area contributed by atoms with Crippen LogP contribution < -0.4 is 10.2 Å². The Morgan fingerprint density at radius 3 is 2.58 bits per heavy atom. The van der Waals surface area contributed by atoms with Crippen LogP contribution in [0.15, 0.2) is 24.3 Å². The summed E-state index contributed by atoms with van der Waals surface area (Å²) in [4.78, 5) is 32.0. The monoisotopic (exact) mass is 371 g/mol. The lowest BCUT2D eigenvalue weighted by Gasteiger charge is -2.17. The molecule has 5 nitrogen and oxygen atoms in total. The van der Waals surface area contributed by atoms with Crippen molar-refractivity contribution in [3.63, 3.8) is 0 Å². The van der Waals surface area contributed by atoms with Crippen LogP contribution in [0.25, 0.3) is 0 Å². The van der Waals surface area contributed by atoms with Crippen molar-refractivity contribution in [2.75, 3.05) is 11.4 Å². The van der Waals surface area contributed by atoms with Crippen molar-refractivity contribution in [3.05, 3.63) is 45.4 Å². The largest absolute Gasteiger partial charge is 0.351 e. The molecule has 138 valence electrons. The molecule has 1 N–H and O–H groups in total. The highest BCUT2D eigenvalue weighted by Gasteiger charge is 2.35. The zero-order chi connectivity index (χ0) is 18.8. The highest BCUT2D eigenvalue weighted by Crippen LogP contribution is 2.27. The molecule has 0 radical (unpaired) electrons. The molecule has 1 aliphatic heterocycles. The van der Waals surface area contributed by atoms with E-state index in [1.807, 2.05) is 26.0 Å². The van der Waals surface area contributed by atoms with Gasteiger partial charge in [-0.05, 0) is 37.5 Å². The van der Waals surface area contributed by atoms with E-state index in [0.29, 0.717) is 19.0 Å². The standard InChI is InChI=1S/C20H25N3O2S/c1-12(2)15-5-7-17(8-6-15)23-11-16(9-19(23)24)20(25)21-10-18-13(3)22-14(4)26-18/h5-8,12,16H,9-11H2,1-4H3,(H,21,25)/t16-/m0/s1. The summed E-state index contributed by atoms with van der Waals surface area (Å²) in [7, 11) is 0. The minimum absolute atomic E-state index is 0.00672. The van der Waals surface area contributed by atoms with Crippen LogP contribution in [0, 0.1) is 19.8 Å². The third-order valence-electron chi connectivity index (χ3n) is 4.79. The number of nitrogens with one attached hydrogen (secondary N) is 1. The quantitative estimate of drug-likeness (QED) is 0.874. The van der Waals surface area contributed by atoms with Gasteiger partial charge < -0.3 is 10.2 Å². The Labute approximate surface area is 158 Å². The molecule has 26 heavy (non-hydrogen) atoms. The van der Waals surface area contributed by atoms with Gasteiger partial charge in [-0.1, -0.05) is 26.0 Å². The molecule has 1 aromatic heterocycles. The highest BCUT2D eigenvalue weighted by atomic mass is 32.1. The van der Waals surface area contributed by atoms with Gasteiger partial charge in [-0.25, -0.2) is 4.98 Å². The number of carbonyl (C=O) groups excluding carboxylic acids is 2. The van der Waals surface area contributed by atoms with Gasteiger partial charge in [0.05, 0.1) is 23.2 Å². The lowest BCUT2D eigenvalue weighted by atomic mass is 10.0. The van der Waals surface area contributed by atoms with Gasteiger partial charge in [-0.3, -0.25) is 9.59 Å². The topological polar surface area (TPSA) is 62.3 Å². The first-order valence-corrected chi connectivity index (χ1v) is 9.77. The SMILES string of the molecule is Cc1nc(C)c(CNC(=O)[C@H]2CC(=O)N(c3ccc(C(C)C)cc3)C2)s1. The van der Waals surface area contributed by atoms with Crippen LogP contribution in [0.1, 0.15) is 47.3 Å². The van der Waals surface area contributed by atoms with Gasteiger partial charge in [0.2, 0.25) is 11.8 Å². The maximum Gasteiger partial charge on any atom is 0.227 e. The van der Waals surface area contributed by atoms with Crippen LogP contribution >= 0.6 is 11.3 Å². The van der Waals surface area contributed by atoms with E-state index in [4.69, 9.17) is 0 Å².